The molecule has 0 saturated heterocycles. The van der Waals surface area contributed by atoms with E-state index in [1.807, 2.05) is 6.07 Å². The van der Waals surface area contributed by atoms with E-state index in [1.165, 1.54) is 24.3 Å². The highest BCUT2D eigenvalue weighted by atomic mass is 35.5. The zero-order valence-electron chi connectivity index (χ0n) is 10.9. The number of nitrogen functional groups attached to an aromatic ring is 1. The molecule has 0 radical (unpaired) electrons. The molecule has 0 atom stereocenters. The molecule has 7 heteroatoms. The molecule has 0 spiro atoms. The standard InChI is InChI=1S/C14H9ClFN3O2/c1-21-14(20)13-9(15)11(18)10(16)12(19-13)8-4-2-7(6-17)3-5-8/h2-5H,1H3,(H2,18,19). The van der Waals surface area contributed by atoms with Gasteiger partial charge in [0.05, 0.1) is 29.5 Å². The summed E-state index contributed by atoms with van der Waals surface area (Å²) in [6, 6.07) is 7.94. The van der Waals surface area contributed by atoms with Crippen LogP contribution in [0.2, 0.25) is 5.02 Å². The Balaban J connectivity index is 2.65. The van der Waals surface area contributed by atoms with Crippen molar-refractivity contribution in [2.24, 2.45) is 0 Å². The molecule has 2 N–H and O–H groups in total. The van der Waals surface area contributed by atoms with E-state index in [2.05, 4.69) is 9.72 Å². The zero-order chi connectivity index (χ0) is 15.6. The fraction of sp³-hybridized carbons (Fsp3) is 0.0714. The first-order chi connectivity index (χ1) is 9.99. The Kier molecular flexibility index (Phi) is 4.05. The number of esters is 1. The van der Waals surface area contributed by atoms with Crippen LogP contribution < -0.4 is 5.73 Å². The predicted molar refractivity (Wildman–Crippen MR) is 75.1 cm³/mol. The van der Waals surface area contributed by atoms with Gasteiger partial charge in [-0.1, -0.05) is 23.7 Å². The summed E-state index contributed by atoms with van der Waals surface area (Å²) in [5.74, 6) is -1.65. The lowest BCUT2D eigenvalue weighted by Crippen LogP contribution is -2.10. The Bertz CT molecular complexity index is 754. The van der Waals surface area contributed by atoms with Crippen LogP contribution >= 0.6 is 11.6 Å². The molecule has 106 valence electrons. The van der Waals surface area contributed by atoms with Crippen LogP contribution in [0.3, 0.4) is 0 Å². The maximum atomic E-state index is 14.2. The largest absolute Gasteiger partial charge is 0.464 e. The minimum Gasteiger partial charge on any atom is -0.464 e. The van der Waals surface area contributed by atoms with Gasteiger partial charge in [-0.15, -0.1) is 0 Å². The third-order valence-electron chi connectivity index (χ3n) is 2.78. The van der Waals surface area contributed by atoms with E-state index in [0.717, 1.165) is 7.11 Å². The van der Waals surface area contributed by atoms with Crippen molar-refractivity contribution < 1.29 is 13.9 Å². The van der Waals surface area contributed by atoms with Gasteiger partial charge in [0.1, 0.15) is 5.69 Å². The van der Waals surface area contributed by atoms with E-state index >= 15 is 0 Å². The number of hydrogen-bond donors (Lipinski definition) is 1. The number of nitrogens with two attached hydrogens (primary N) is 1. The van der Waals surface area contributed by atoms with Gasteiger partial charge >= 0.3 is 5.97 Å². The molecule has 0 bridgehead atoms. The SMILES string of the molecule is COC(=O)c1nc(-c2ccc(C#N)cc2)c(F)c(N)c1Cl. The fourth-order valence-corrected chi connectivity index (χ4v) is 1.89. The third kappa shape index (κ3) is 2.64. The first kappa shape index (κ1) is 14.8. The van der Waals surface area contributed by atoms with Crippen molar-refractivity contribution in [3.8, 4) is 17.3 Å². The van der Waals surface area contributed by atoms with Gasteiger partial charge in [-0.3, -0.25) is 0 Å². The van der Waals surface area contributed by atoms with Gasteiger partial charge in [0.25, 0.3) is 0 Å². The van der Waals surface area contributed by atoms with Crippen LogP contribution in [0.15, 0.2) is 24.3 Å². The number of nitrogens with zero attached hydrogens (tertiary/aromatic N) is 2. The summed E-state index contributed by atoms with van der Waals surface area (Å²) in [6.45, 7) is 0. The highest BCUT2D eigenvalue weighted by Crippen LogP contribution is 2.32. The number of anilines is 1. The van der Waals surface area contributed by atoms with Gasteiger partial charge in [0.15, 0.2) is 11.5 Å². The molecule has 5 nitrogen and oxygen atoms in total. The van der Waals surface area contributed by atoms with Gasteiger partial charge in [-0.2, -0.15) is 5.26 Å². The number of methoxy groups -OCH3 is 1. The second kappa shape index (κ2) is 5.77. The number of carbonyl (C=O) groups excluding carboxylic acids is 1. The predicted octanol–water partition coefficient (Wildman–Crippen LogP) is 2.78. The molecule has 0 aliphatic carbocycles. The molecule has 0 saturated carbocycles. The topological polar surface area (TPSA) is 89.0 Å². The maximum absolute atomic E-state index is 14.2. The third-order valence-corrected chi connectivity index (χ3v) is 3.16. The summed E-state index contributed by atoms with van der Waals surface area (Å²) in [5, 5.41) is 8.45. The summed E-state index contributed by atoms with van der Waals surface area (Å²) in [5.41, 5.74) is 5.55. The maximum Gasteiger partial charge on any atom is 0.358 e. The lowest BCUT2D eigenvalue weighted by Gasteiger charge is -2.10. The summed E-state index contributed by atoms with van der Waals surface area (Å²) in [4.78, 5) is 15.5. The number of rotatable bonds is 2. The normalized spacial score (nSPS) is 10.0. The molecule has 1 aromatic carbocycles. The van der Waals surface area contributed by atoms with Crippen LogP contribution in [-0.2, 0) is 4.74 Å². The Hall–Kier alpha value is -2.65. The molecule has 2 rings (SSSR count). The van der Waals surface area contributed by atoms with Crippen molar-refractivity contribution in [1.82, 2.24) is 4.98 Å². The van der Waals surface area contributed by atoms with Gasteiger partial charge in [-0.25, -0.2) is 14.2 Å². The molecular weight excluding hydrogens is 297 g/mol. The second-order valence-corrected chi connectivity index (χ2v) is 4.41. The highest BCUT2D eigenvalue weighted by molar-refractivity contribution is 6.35. The van der Waals surface area contributed by atoms with E-state index in [4.69, 9.17) is 22.6 Å². The minimum atomic E-state index is -0.836. The Morgan fingerprint density at radius 1 is 1.43 bits per heavy atom. The van der Waals surface area contributed by atoms with Gasteiger partial charge < -0.3 is 10.5 Å². The van der Waals surface area contributed by atoms with Crippen molar-refractivity contribution in [1.29, 1.82) is 5.26 Å². The summed E-state index contributed by atoms with van der Waals surface area (Å²) < 4.78 is 18.7. The Morgan fingerprint density at radius 3 is 2.57 bits per heavy atom. The van der Waals surface area contributed by atoms with E-state index in [0.29, 0.717) is 11.1 Å². The number of halogens is 2. The number of carbonyl (C=O) groups is 1. The molecule has 1 aromatic heterocycles. The van der Waals surface area contributed by atoms with Gasteiger partial charge in [0.2, 0.25) is 0 Å². The summed E-state index contributed by atoms with van der Waals surface area (Å²) >= 11 is 5.81. The van der Waals surface area contributed by atoms with Gasteiger partial charge in [0, 0.05) is 5.56 Å². The van der Waals surface area contributed by atoms with Crippen LogP contribution in [0.1, 0.15) is 16.1 Å². The van der Waals surface area contributed by atoms with E-state index in [9.17, 15) is 9.18 Å². The number of hydrogen-bond acceptors (Lipinski definition) is 5. The average molecular weight is 306 g/mol. The molecule has 21 heavy (non-hydrogen) atoms. The first-order valence-corrected chi connectivity index (χ1v) is 6.10. The van der Waals surface area contributed by atoms with Crippen molar-refractivity contribution in [3.63, 3.8) is 0 Å². The molecule has 2 aromatic rings. The Morgan fingerprint density at radius 2 is 2.05 bits per heavy atom. The minimum absolute atomic E-state index is 0.137. The molecule has 0 fully saturated rings. The fourth-order valence-electron chi connectivity index (χ4n) is 1.69. The monoisotopic (exact) mass is 305 g/mol. The number of pyridine rings is 1. The van der Waals surface area contributed by atoms with Crippen molar-refractivity contribution in [2.45, 2.75) is 0 Å². The number of nitriles is 1. The summed E-state index contributed by atoms with van der Waals surface area (Å²) in [6.07, 6.45) is 0. The number of aromatic nitrogens is 1. The van der Waals surface area contributed by atoms with E-state index < -0.39 is 11.8 Å². The highest BCUT2D eigenvalue weighted by Gasteiger charge is 2.22. The quantitative estimate of drug-likeness (QED) is 0.862. The Labute approximate surface area is 124 Å². The molecule has 0 unspecified atom stereocenters. The van der Waals surface area contributed by atoms with E-state index in [-0.39, 0.29) is 22.1 Å². The molecular formula is C14H9ClFN3O2. The first-order valence-electron chi connectivity index (χ1n) is 5.73. The average Bonchev–Trinajstić information content (AvgIpc) is 2.52. The number of ether oxygens (including phenoxy) is 1. The zero-order valence-corrected chi connectivity index (χ0v) is 11.6. The summed E-state index contributed by atoms with van der Waals surface area (Å²) in [7, 11) is 1.15. The lowest BCUT2D eigenvalue weighted by atomic mass is 10.1. The van der Waals surface area contributed by atoms with Crippen molar-refractivity contribution in [3.05, 3.63) is 46.4 Å². The molecule has 1 heterocycles. The van der Waals surface area contributed by atoms with Crippen molar-refractivity contribution >= 4 is 23.3 Å². The molecule has 0 aliphatic rings. The van der Waals surface area contributed by atoms with Crippen LogP contribution in [0.4, 0.5) is 10.1 Å². The second-order valence-electron chi connectivity index (χ2n) is 4.03. The molecule has 0 amide bonds. The van der Waals surface area contributed by atoms with Crippen LogP contribution in [0.5, 0.6) is 0 Å². The van der Waals surface area contributed by atoms with Crippen molar-refractivity contribution in [2.75, 3.05) is 12.8 Å². The smallest absolute Gasteiger partial charge is 0.358 e. The van der Waals surface area contributed by atoms with Crippen LogP contribution in [0.25, 0.3) is 11.3 Å². The van der Waals surface area contributed by atoms with Crippen LogP contribution in [0, 0.1) is 17.1 Å². The number of benzene rings is 1. The molecule has 0 aliphatic heterocycles. The van der Waals surface area contributed by atoms with Gasteiger partial charge in [-0.05, 0) is 12.1 Å². The van der Waals surface area contributed by atoms with E-state index in [1.54, 1.807) is 0 Å². The van der Waals surface area contributed by atoms with Crippen LogP contribution in [-0.4, -0.2) is 18.1 Å². The lowest BCUT2D eigenvalue weighted by molar-refractivity contribution is 0.0594.